The molecule has 0 radical (unpaired) electrons. The van der Waals surface area contributed by atoms with Crippen molar-refractivity contribution in [1.82, 2.24) is 0 Å². The van der Waals surface area contributed by atoms with Crippen LogP contribution in [0.4, 0.5) is 0 Å². The fraction of sp³-hybridized carbons (Fsp3) is 0.727. The number of allylic oxidation sites excluding steroid dienone is 2. The molecule has 1 rings (SSSR count). The van der Waals surface area contributed by atoms with Crippen LogP contribution in [0.3, 0.4) is 0 Å². The quantitative estimate of drug-likeness (QED) is 0.442. The van der Waals surface area contributed by atoms with Crippen molar-refractivity contribution in [3.05, 3.63) is 23.1 Å². The Bertz CT molecular complexity index is 212. The van der Waals surface area contributed by atoms with E-state index in [4.69, 9.17) is 6.57 Å². The van der Waals surface area contributed by atoms with Gasteiger partial charge in [-0.05, 0) is 26.7 Å². The fourth-order valence-electron chi connectivity index (χ4n) is 1.63. The molecule has 0 aromatic carbocycles. The van der Waals surface area contributed by atoms with E-state index in [1.165, 1.54) is 12.0 Å². The van der Waals surface area contributed by atoms with Crippen LogP contribution in [-0.4, -0.2) is 5.54 Å². The molecule has 66 valence electrons. The van der Waals surface area contributed by atoms with Gasteiger partial charge in [-0.1, -0.05) is 11.6 Å². The molecule has 0 aromatic rings. The average Bonchev–Trinajstić information content (AvgIpc) is 1.94. The second kappa shape index (κ2) is 3.76. The minimum absolute atomic E-state index is 0.0476. The first-order chi connectivity index (χ1) is 5.68. The van der Waals surface area contributed by atoms with Gasteiger partial charge in [0.15, 0.2) is 0 Å². The maximum Gasteiger partial charge on any atom is 0.233 e. The molecule has 0 spiro atoms. The second-order valence-electron chi connectivity index (χ2n) is 4.01. The molecule has 0 bridgehead atoms. The molecule has 12 heavy (non-hydrogen) atoms. The summed E-state index contributed by atoms with van der Waals surface area (Å²) in [5.74, 6) is 0. The van der Waals surface area contributed by atoms with Crippen LogP contribution in [0.15, 0.2) is 11.6 Å². The molecule has 0 amide bonds. The van der Waals surface area contributed by atoms with Crippen LogP contribution in [0.25, 0.3) is 4.85 Å². The third kappa shape index (κ3) is 2.11. The van der Waals surface area contributed by atoms with Crippen molar-refractivity contribution in [2.75, 3.05) is 0 Å². The smallest absolute Gasteiger partial charge is 0.233 e. The summed E-state index contributed by atoms with van der Waals surface area (Å²) in [7, 11) is 0. The van der Waals surface area contributed by atoms with Gasteiger partial charge in [0.2, 0.25) is 5.54 Å². The maximum absolute atomic E-state index is 7.10. The van der Waals surface area contributed by atoms with Gasteiger partial charge in [-0.15, -0.1) is 0 Å². The molecular formula is C11H17N. The standard InChI is InChI=1S/C11H17N/c1-10(2)6-4-7-11(12-3)8-5-9-11/h6H,4-5,7-9H2,1-2H3. The highest BCUT2D eigenvalue weighted by molar-refractivity contribution is 5.06. The molecule has 1 aliphatic rings. The van der Waals surface area contributed by atoms with Crippen LogP contribution in [-0.2, 0) is 0 Å². The lowest BCUT2D eigenvalue weighted by atomic mass is 9.74. The van der Waals surface area contributed by atoms with Gasteiger partial charge in [-0.2, -0.15) is 0 Å². The summed E-state index contributed by atoms with van der Waals surface area (Å²) < 4.78 is 0. The van der Waals surface area contributed by atoms with Crippen LogP contribution < -0.4 is 0 Å². The van der Waals surface area contributed by atoms with E-state index in [0.29, 0.717) is 0 Å². The Hall–Kier alpha value is -0.770. The minimum Gasteiger partial charge on any atom is -0.310 e. The first-order valence-corrected chi connectivity index (χ1v) is 4.70. The Morgan fingerprint density at radius 2 is 2.17 bits per heavy atom. The summed E-state index contributed by atoms with van der Waals surface area (Å²) in [5.41, 5.74) is 1.42. The lowest BCUT2D eigenvalue weighted by Gasteiger charge is -2.29. The Morgan fingerprint density at radius 1 is 1.50 bits per heavy atom. The third-order valence-corrected chi connectivity index (χ3v) is 2.68. The van der Waals surface area contributed by atoms with Crippen molar-refractivity contribution in [2.24, 2.45) is 0 Å². The molecule has 1 heteroatoms. The lowest BCUT2D eigenvalue weighted by Crippen LogP contribution is -2.32. The molecule has 1 aliphatic carbocycles. The SMILES string of the molecule is [C-]#[N+]C1(CCC=C(C)C)CCC1. The van der Waals surface area contributed by atoms with Gasteiger partial charge in [0.1, 0.15) is 0 Å². The first kappa shape index (κ1) is 9.32. The number of hydrogen-bond donors (Lipinski definition) is 0. The Balaban J connectivity index is 2.31. The fourth-order valence-corrected chi connectivity index (χ4v) is 1.63. The first-order valence-electron chi connectivity index (χ1n) is 4.70. The topological polar surface area (TPSA) is 4.36 Å². The van der Waals surface area contributed by atoms with Gasteiger partial charge in [-0.25, -0.2) is 6.57 Å². The maximum atomic E-state index is 7.10. The Morgan fingerprint density at radius 3 is 2.50 bits per heavy atom. The summed E-state index contributed by atoms with van der Waals surface area (Å²) in [4.78, 5) is 3.74. The molecule has 0 N–H and O–H groups in total. The Kier molecular flexibility index (Phi) is 2.92. The van der Waals surface area contributed by atoms with E-state index in [2.05, 4.69) is 24.8 Å². The highest BCUT2D eigenvalue weighted by atomic mass is 14.8. The van der Waals surface area contributed by atoms with Crippen LogP contribution in [0, 0.1) is 6.57 Å². The number of nitrogens with zero attached hydrogens (tertiary/aromatic N) is 1. The molecule has 1 nitrogen and oxygen atoms in total. The molecule has 1 saturated carbocycles. The zero-order valence-corrected chi connectivity index (χ0v) is 8.06. The predicted molar refractivity (Wildman–Crippen MR) is 51.8 cm³/mol. The third-order valence-electron chi connectivity index (χ3n) is 2.68. The molecule has 0 atom stereocenters. The number of rotatable bonds is 3. The van der Waals surface area contributed by atoms with Crippen molar-refractivity contribution in [1.29, 1.82) is 0 Å². The highest BCUT2D eigenvalue weighted by Crippen LogP contribution is 2.39. The van der Waals surface area contributed by atoms with E-state index in [0.717, 1.165) is 25.7 Å². The van der Waals surface area contributed by atoms with Gasteiger partial charge in [0.25, 0.3) is 0 Å². The molecule has 0 aromatic heterocycles. The summed E-state index contributed by atoms with van der Waals surface area (Å²) in [6.07, 6.45) is 7.93. The summed E-state index contributed by atoms with van der Waals surface area (Å²) in [5, 5.41) is 0. The van der Waals surface area contributed by atoms with Gasteiger partial charge in [-0.3, -0.25) is 0 Å². The molecule has 1 fully saturated rings. The molecule has 0 aliphatic heterocycles. The van der Waals surface area contributed by atoms with E-state index in [9.17, 15) is 0 Å². The second-order valence-corrected chi connectivity index (χ2v) is 4.01. The monoisotopic (exact) mass is 163 g/mol. The van der Waals surface area contributed by atoms with Crippen LogP contribution in [0.1, 0.15) is 46.0 Å². The summed E-state index contributed by atoms with van der Waals surface area (Å²) in [6, 6.07) is 0. The van der Waals surface area contributed by atoms with E-state index >= 15 is 0 Å². The zero-order chi connectivity index (χ0) is 9.03. The van der Waals surface area contributed by atoms with Gasteiger partial charge < -0.3 is 4.85 Å². The zero-order valence-electron chi connectivity index (χ0n) is 8.06. The van der Waals surface area contributed by atoms with Gasteiger partial charge in [0.05, 0.1) is 0 Å². The van der Waals surface area contributed by atoms with Gasteiger partial charge >= 0.3 is 0 Å². The van der Waals surface area contributed by atoms with Crippen LogP contribution in [0.5, 0.6) is 0 Å². The van der Waals surface area contributed by atoms with Crippen molar-refractivity contribution >= 4 is 0 Å². The van der Waals surface area contributed by atoms with Gasteiger partial charge in [0, 0.05) is 19.3 Å². The highest BCUT2D eigenvalue weighted by Gasteiger charge is 2.42. The van der Waals surface area contributed by atoms with E-state index in [1.807, 2.05) is 0 Å². The van der Waals surface area contributed by atoms with Crippen molar-refractivity contribution in [2.45, 2.75) is 51.5 Å². The van der Waals surface area contributed by atoms with E-state index in [-0.39, 0.29) is 5.54 Å². The van der Waals surface area contributed by atoms with E-state index < -0.39 is 0 Å². The largest absolute Gasteiger partial charge is 0.310 e. The van der Waals surface area contributed by atoms with Crippen molar-refractivity contribution < 1.29 is 0 Å². The van der Waals surface area contributed by atoms with Crippen LogP contribution in [0.2, 0.25) is 0 Å². The summed E-state index contributed by atoms with van der Waals surface area (Å²) in [6.45, 7) is 11.3. The predicted octanol–water partition coefficient (Wildman–Crippen LogP) is 3.57. The average molecular weight is 163 g/mol. The molecule has 0 saturated heterocycles. The Labute approximate surface area is 75.3 Å². The van der Waals surface area contributed by atoms with Crippen molar-refractivity contribution in [3.8, 4) is 0 Å². The lowest BCUT2D eigenvalue weighted by molar-refractivity contribution is 0.285. The van der Waals surface area contributed by atoms with Crippen molar-refractivity contribution in [3.63, 3.8) is 0 Å². The minimum atomic E-state index is 0.0476. The molecule has 0 heterocycles. The normalized spacial score (nSPS) is 19.1. The summed E-state index contributed by atoms with van der Waals surface area (Å²) >= 11 is 0. The van der Waals surface area contributed by atoms with E-state index in [1.54, 1.807) is 0 Å². The number of hydrogen-bond acceptors (Lipinski definition) is 0. The molecule has 0 unspecified atom stereocenters. The van der Waals surface area contributed by atoms with Crippen LogP contribution >= 0.6 is 0 Å². The molecular weight excluding hydrogens is 146 g/mol.